The van der Waals surface area contributed by atoms with Crippen LogP contribution in [0.25, 0.3) is 0 Å². The Labute approximate surface area is 403 Å². The Bertz CT molecular complexity index is 1800. The van der Waals surface area contributed by atoms with Crippen LogP contribution in [0.1, 0.15) is 115 Å². The summed E-state index contributed by atoms with van der Waals surface area (Å²) in [6.45, 7) is 1.58. The van der Waals surface area contributed by atoms with E-state index in [1.165, 1.54) is 12.8 Å². The number of benzene rings is 1. The lowest BCUT2D eigenvalue weighted by Crippen LogP contribution is -2.60. The summed E-state index contributed by atoms with van der Waals surface area (Å²) in [4.78, 5) is 113. The Morgan fingerprint density at radius 2 is 1.04 bits per heavy atom. The van der Waals surface area contributed by atoms with E-state index >= 15 is 0 Å². The van der Waals surface area contributed by atoms with E-state index in [0.29, 0.717) is 12.0 Å². The number of rotatable bonds is 37. The number of aliphatic imine (C=N–C) groups is 2. The van der Waals surface area contributed by atoms with Crippen LogP contribution in [0.4, 0.5) is 0 Å². The first-order valence-corrected chi connectivity index (χ1v) is 23.7. The quantitative estimate of drug-likeness (QED) is 0.0123. The van der Waals surface area contributed by atoms with Gasteiger partial charge in [-0.2, -0.15) is 12.6 Å². The van der Waals surface area contributed by atoms with Gasteiger partial charge in [0.2, 0.25) is 35.4 Å². The summed E-state index contributed by atoms with van der Waals surface area (Å²) in [5.74, 6) is -7.75. The number of ether oxygens (including phenoxy) is 1. The molecule has 0 aromatic heterocycles. The molecule has 68 heavy (non-hydrogen) atoms. The fraction of sp³-hybridized carbons (Fsp3) is 0.636. The lowest BCUT2D eigenvalue weighted by molar-refractivity contribution is -0.148. The first kappa shape index (κ1) is 59.8. The Kier molecular flexibility index (Phi) is 30.8. The number of unbranched alkanes of at least 4 members (excludes halogenated alkanes) is 8. The Morgan fingerprint density at radius 3 is 1.57 bits per heavy atom. The summed E-state index contributed by atoms with van der Waals surface area (Å²) in [7, 11) is 0. The molecule has 0 aliphatic rings. The number of amides is 6. The molecular weight excluding hydrogens is 903 g/mol. The lowest BCUT2D eigenvalue weighted by Gasteiger charge is -2.27. The molecule has 0 fully saturated rings. The Balaban J connectivity index is 3.48. The highest BCUT2D eigenvalue weighted by Gasteiger charge is 2.33. The number of thiol groups is 1. The van der Waals surface area contributed by atoms with E-state index in [1.807, 2.05) is 0 Å². The third kappa shape index (κ3) is 27.5. The van der Waals surface area contributed by atoms with Crippen LogP contribution in [0.5, 0.6) is 0 Å². The maximum atomic E-state index is 14.3. The summed E-state index contributed by atoms with van der Waals surface area (Å²) in [5, 5.41) is 22.5. The van der Waals surface area contributed by atoms with Gasteiger partial charge in [-0.05, 0) is 44.1 Å². The molecule has 0 heterocycles. The average molecular weight is 978 g/mol. The zero-order valence-electron chi connectivity index (χ0n) is 39.1. The van der Waals surface area contributed by atoms with E-state index in [4.69, 9.17) is 39.1 Å². The number of carboxylic acid groups (broad SMARTS) is 1. The number of primary amides is 1. The van der Waals surface area contributed by atoms with Gasteiger partial charge in [-0.1, -0.05) is 88.6 Å². The van der Waals surface area contributed by atoms with E-state index in [9.17, 15) is 43.5 Å². The van der Waals surface area contributed by atoms with E-state index in [0.717, 1.165) is 38.5 Å². The predicted molar refractivity (Wildman–Crippen MR) is 260 cm³/mol. The molecular formula is C44H75N13O10S. The molecule has 0 bridgehead atoms. The van der Waals surface area contributed by atoms with Gasteiger partial charge >= 0.3 is 11.9 Å². The molecule has 24 heteroatoms. The zero-order chi connectivity index (χ0) is 50.9. The molecule has 1 aromatic carbocycles. The lowest BCUT2D eigenvalue weighted by atomic mass is 10.0. The van der Waals surface area contributed by atoms with Crippen LogP contribution in [0, 0.1) is 0 Å². The number of carbonyl (C=O) groups excluding carboxylic acids is 7. The van der Waals surface area contributed by atoms with Gasteiger partial charge in [-0.15, -0.1) is 0 Å². The monoisotopic (exact) mass is 978 g/mol. The van der Waals surface area contributed by atoms with Crippen molar-refractivity contribution in [1.29, 1.82) is 0 Å². The van der Waals surface area contributed by atoms with Crippen molar-refractivity contribution in [3.63, 3.8) is 0 Å². The van der Waals surface area contributed by atoms with Crippen LogP contribution in [0.2, 0.25) is 0 Å². The molecule has 0 unspecified atom stereocenters. The van der Waals surface area contributed by atoms with Crippen LogP contribution in [0.3, 0.4) is 0 Å². The maximum absolute atomic E-state index is 14.3. The second-order valence-electron chi connectivity index (χ2n) is 16.3. The summed E-state index contributed by atoms with van der Waals surface area (Å²) >= 11 is 4.02. The molecule has 6 atom stereocenters. The van der Waals surface area contributed by atoms with Gasteiger partial charge in [0.25, 0.3) is 0 Å². The minimum absolute atomic E-state index is 0.0365. The number of hydrogen-bond donors (Lipinski definition) is 13. The molecule has 0 saturated heterocycles. The maximum Gasteiger partial charge on any atom is 0.326 e. The van der Waals surface area contributed by atoms with Gasteiger partial charge in [0.15, 0.2) is 11.9 Å². The number of carboxylic acids is 1. The molecule has 0 saturated carbocycles. The van der Waals surface area contributed by atoms with Crippen LogP contribution >= 0.6 is 12.6 Å². The Hall–Kier alpha value is -6.17. The van der Waals surface area contributed by atoms with Crippen molar-refractivity contribution in [2.45, 2.75) is 152 Å². The molecule has 18 N–H and O–H groups in total. The van der Waals surface area contributed by atoms with Crippen molar-refractivity contribution in [1.82, 2.24) is 26.6 Å². The molecule has 0 radical (unpaired) electrons. The fourth-order valence-corrected chi connectivity index (χ4v) is 6.78. The summed E-state index contributed by atoms with van der Waals surface area (Å²) < 4.78 is 5.46. The van der Waals surface area contributed by atoms with Gasteiger partial charge in [0.1, 0.15) is 36.8 Å². The van der Waals surface area contributed by atoms with Crippen LogP contribution in [0.15, 0.2) is 40.3 Å². The highest BCUT2D eigenvalue weighted by Crippen LogP contribution is 2.12. The normalized spacial score (nSPS) is 13.5. The highest BCUT2D eigenvalue weighted by molar-refractivity contribution is 7.80. The van der Waals surface area contributed by atoms with Crippen LogP contribution in [-0.4, -0.2) is 126 Å². The number of nitrogens with two attached hydrogens (primary N) is 6. The number of nitrogens with one attached hydrogen (secondary N) is 5. The molecule has 6 amide bonds. The van der Waals surface area contributed by atoms with E-state index in [1.54, 1.807) is 30.3 Å². The van der Waals surface area contributed by atoms with Crippen LogP contribution in [-0.2, 0) is 49.5 Å². The standard InChI is InChI=1S/C44H75N13O10S/c1-2-3-4-5-6-7-8-9-13-20-36(59)67-26-34(41(64)55-32(42(65)66)19-15-24-52-44(49)50)57-40(63)33(25-28-16-11-10-12-17-28)56-38(61)30(18-14-23-51-43(47)48)54-39(62)31(21-22-35(46)58)53-37(60)29(45)27-68/h10-12,16-17,29-34,68H,2-9,13-15,18-27,45H2,1H3,(H2,46,58)(H,53,60)(H,54,62)(H,55,64)(H,56,61)(H,57,63)(H,65,66)(H4,47,48,51)(H4,49,50,52)/t29-,30-,31-,32-,33-,34-/m0/s1. The topological polar surface area (TPSA) is 407 Å². The first-order valence-electron chi connectivity index (χ1n) is 23.1. The fourth-order valence-electron chi connectivity index (χ4n) is 6.61. The molecule has 1 rings (SSSR count). The molecule has 382 valence electrons. The predicted octanol–water partition coefficient (Wildman–Crippen LogP) is -1.17. The summed E-state index contributed by atoms with van der Waals surface area (Å²) in [5.41, 5.74) is 33.4. The SMILES string of the molecule is CCCCCCCCCCCC(=O)OC[C@H](NC(=O)[C@H](Cc1ccccc1)NC(=O)[C@H](CCCN=C(N)N)NC(=O)[C@H](CCC(N)=O)NC(=O)[C@@H](N)CS)C(=O)N[C@@H](CCCN=C(N)N)C(=O)O. The number of hydrogen-bond acceptors (Lipinski definition) is 13. The minimum atomic E-state index is -1.64. The summed E-state index contributed by atoms with van der Waals surface area (Å²) in [6.07, 6.45) is 8.53. The number of carbonyl (C=O) groups is 8. The van der Waals surface area contributed by atoms with Gasteiger partial charge in [0, 0.05) is 38.1 Å². The molecule has 0 aliphatic heterocycles. The largest absolute Gasteiger partial charge is 0.480 e. The van der Waals surface area contributed by atoms with E-state index < -0.39 is 90.2 Å². The first-order chi connectivity index (χ1) is 32.4. The smallest absolute Gasteiger partial charge is 0.326 e. The third-order valence-corrected chi connectivity index (χ3v) is 10.8. The minimum Gasteiger partial charge on any atom is -0.480 e. The number of esters is 1. The number of guanidine groups is 2. The highest BCUT2D eigenvalue weighted by atomic mass is 32.1. The van der Waals surface area contributed by atoms with E-state index in [2.05, 4.69) is 56.1 Å². The molecule has 0 aliphatic carbocycles. The van der Waals surface area contributed by atoms with Gasteiger partial charge in [-0.3, -0.25) is 43.5 Å². The Morgan fingerprint density at radius 1 is 0.588 bits per heavy atom. The molecule has 23 nitrogen and oxygen atoms in total. The van der Waals surface area contributed by atoms with Crippen molar-refractivity contribution >= 4 is 71.9 Å². The second-order valence-corrected chi connectivity index (χ2v) is 16.7. The third-order valence-electron chi connectivity index (χ3n) is 10.4. The van der Waals surface area contributed by atoms with Crippen molar-refractivity contribution in [2.75, 3.05) is 25.4 Å². The van der Waals surface area contributed by atoms with Gasteiger partial charge < -0.3 is 70.8 Å². The van der Waals surface area contributed by atoms with Crippen molar-refractivity contribution < 1.29 is 48.2 Å². The van der Waals surface area contributed by atoms with E-state index in [-0.39, 0.29) is 82.1 Å². The summed E-state index contributed by atoms with van der Waals surface area (Å²) in [6, 6.07) is 0.0489. The van der Waals surface area contributed by atoms with Crippen molar-refractivity contribution in [2.24, 2.45) is 44.4 Å². The zero-order valence-corrected chi connectivity index (χ0v) is 40.0. The van der Waals surface area contributed by atoms with Crippen molar-refractivity contribution in [3.05, 3.63) is 35.9 Å². The molecule has 0 spiro atoms. The number of aliphatic carboxylic acids is 1. The molecule has 1 aromatic rings. The second kappa shape index (κ2) is 35.0. The van der Waals surface area contributed by atoms with Crippen LogP contribution < -0.4 is 61.0 Å². The van der Waals surface area contributed by atoms with Crippen molar-refractivity contribution in [3.8, 4) is 0 Å². The average Bonchev–Trinajstić information content (AvgIpc) is 3.29. The van der Waals surface area contributed by atoms with Gasteiger partial charge in [-0.25, -0.2) is 4.79 Å². The number of nitrogens with zero attached hydrogens (tertiary/aromatic N) is 2. The van der Waals surface area contributed by atoms with Gasteiger partial charge in [0.05, 0.1) is 6.04 Å².